The number of ether oxygens (including phenoxy) is 2. The van der Waals surface area contributed by atoms with E-state index in [9.17, 15) is 22.8 Å². The minimum Gasteiger partial charge on any atom is -0.497 e. The predicted octanol–water partition coefficient (Wildman–Crippen LogP) is 3.22. The van der Waals surface area contributed by atoms with E-state index in [2.05, 4.69) is 0 Å². The number of thiophene rings is 1. The first kappa shape index (κ1) is 26.4. The first-order valence-corrected chi connectivity index (χ1v) is 14.1. The lowest BCUT2D eigenvalue weighted by molar-refractivity contribution is -0.143. The lowest BCUT2D eigenvalue weighted by Gasteiger charge is -2.14. The Balaban J connectivity index is 2.01. The summed E-state index contributed by atoms with van der Waals surface area (Å²) in [6.45, 7) is 2.86. The second kappa shape index (κ2) is 10.3. The van der Waals surface area contributed by atoms with Crippen LogP contribution in [0.2, 0.25) is 0 Å². The molecule has 37 heavy (non-hydrogen) atoms. The molecule has 2 heterocycles. The molecule has 0 aliphatic rings. The van der Waals surface area contributed by atoms with E-state index in [-0.39, 0.29) is 23.4 Å². The number of hydrogen-bond acceptors (Lipinski definition) is 8. The molecule has 0 aliphatic carbocycles. The molecule has 4 aromatic rings. The van der Waals surface area contributed by atoms with E-state index in [1.54, 1.807) is 51.3 Å². The van der Waals surface area contributed by atoms with Crippen LogP contribution in [0.3, 0.4) is 0 Å². The number of fused-ring (bicyclic) bond motifs is 1. The minimum absolute atomic E-state index is 0.0850. The van der Waals surface area contributed by atoms with Gasteiger partial charge in [-0.2, -0.15) is 0 Å². The SMILES string of the molecule is CCOC(=O)Cn1c(=O)c2c(C)c(-c3ccc(OC)cc3)sc2n(Cc2ccccc2S(C)(=O)=O)c1=O. The molecular weight excluding hydrogens is 516 g/mol. The molecule has 0 radical (unpaired) electrons. The van der Waals surface area contributed by atoms with Crippen LogP contribution in [0.5, 0.6) is 5.75 Å². The molecule has 0 unspecified atom stereocenters. The van der Waals surface area contributed by atoms with Gasteiger partial charge >= 0.3 is 11.7 Å². The Labute approximate surface area is 217 Å². The van der Waals surface area contributed by atoms with Crippen molar-refractivity contribution < 1.29 is 22.7 Å². The molecule has 0 spiro atoms. The second-order valence-electron chi connectivity index (χ2n) is 8.41. The summed E-state index contributed by atoms with van der Waals surface area (Å²) in [7, 11) is -2.02. The fourth-order valence-corrected chi connectivity index (χ4v) is 6.43. The number of sulfone groups is 1. The summed E-state index contributed by atoms with van der Waals surface area (Å²) >= 11 is 1.26. The molecule has 0 amide bonds. The highest BCUT2D eigenvalue weighted by molar-refractivity contribution is 7.90. The van der Waals surface area contributed by atoms with Crippen molar-refractivity contribution in [1.82, 2.24) is 9.13 Å². The molecule has 0 atom stereocenters. The molecule has 0 aliphatic heterocycles. The molecular formula is C26H26N2O7S2. The van der Waals surface area contributed by atoms with Crippen LogP contribution in [0.15, 0.2) is 63.0 Å². The number of nitrogens with zero attached hydrogens (tertiary/aromatic N) is 2. The second-order valence-corrected chi connectivity index (χ2v) is 11.4. The van der Waals surface area contributed by atoms with Crippen molar-refractivity contribution in [3.05, 3.63) is 80.5 Å². The topological polar surface area (TPSA) is 114 Å². The van der Waals surface area contributed by atoms with E-state index in [1.807, 2.05) is 12.1 Å². The van der Waals surface area contributed by atoms with Gasteiger partial charge in [-0.05, 0) is 60.9 Å². The molecule has 0 saturated heterocycles. The van der Waals surface area contributed by atoms with E-state index >= 15 is 0 Å². The van der Waals surface area contributed by atoms with Crippen molar-refractivity contribution in [3.8, 4) is 16.2 Å². The van der Waals surface area contributed by atoms with Crippen LogP contribution in [0.25, 0.3) is 20.7 Å². The van der Waals surface area contributed by atoms with Crippen LogP contribution in [-0.4, -0.2) is 43.5 Å². The Bertz CT molecular complexity index is 1710. The Morgan fingerprint density at radius 1 is 1.03 bits per heavy atom. The zero-order chi connectivity index (χ0) is 26.9. The van der Waals surface area contributed by atoms with Gasteiger partial charge in [0, 0.05) is 11.1 Å². The third-order valence-electron chi connectivity index (χ3n) is 5.94. The third kappa shape index (κ3) is 5.09. The number of carbonyl (C=O) groups excluding carboxylic acids is 1. The van der Waals surface area contributed by atoms with Gasteiger partial charge in [0.25, 0.3) is 5.56 Å². The van der Waals surface area contributed by atoms with Crippen LogP contribution in [0.4, 0.5) is 0 Å². The van der Waals surface area contributed by atoms with Gasteiger partial charge < -0.3 is 9.47 Å². The van der Waals surface area contributed by atoms with Crippen molar-refractivity contribution in [2.45, 2.75) is 31.8 Å². The normalized spacial score (nSPS) is 11.6. The Morgan fingerprint density at radius 3 is 2.32 bits per heavy atom. The molecule has 194 valence electrons. The maximum atomic E-state index is 13.6. The van der Waals surface area contributed by atoms with Crippen molar-refractivity contribution in [3.63, 3.8) is 0 Å². The van der Waals surface area contributed by atoms with Crippen molar-refractivity contribution in [1.29, 1.82) is 0 Å². The summed E-state index contributed by atoms with van der Waals surface area (Å²) in [5, 5.41) is 0.288. The zero-order valence-electron chi connectivity index (χ0n) is 20.8. The number of carbonyl (C=O) groups is 1. The Morgan fingerprint density at radius 2 is 1.70 bits per heavy atom. The number of aromatic nitrogens is 2. The highest BCUT2D eigenvalue weighted by atomic mass is 32.2. The summed E-state index contributed by atoms with van der Waals surface area (Å²) in [6.07, 6.45) is 1.10. The van der Waals surface area contributed by atoms with Gasteiger partial charge in [-0.3, -0.25) is 14.2 Å². The van der Waals surface area contributed by atoms with E-state index in [0.29, 0.717) is 21.7 Å². The van der Waals surface area contributed by atoms with Crippen LogP contribution in [0.1, 0.15) is 18.1 Å². The first-order valence-electron chi connectivity index (χ1n) is 11.4. The Hall–Kier alpha value is -3.70. The number of methoxy groups -OCH3 is 1. The van der Waals surface area contributed by atoms with Gasteiger partial charge in [0.15, 0.2) is 9.84 Å². The van der Waals surface area contributed by atoms with Gasteiger partial charge in [-0.1, -0.05) is 18.2 Å². The van der Waals surface area contributed by atoms with Crippen molar-refractivity contribution in [2.24, 2.45) is 0 Å². The number of aryl methyl sites for hydroxylation is 1. The summed E-state index contributed by atoms with van der Waals surface area (Å²) in [6, 6.07) is 13.7. The molecule has 4 rings (SSSR count). The van der Waals surface area contributed by atoms with Crippen LogP contribution >= 0.6 is 11.3 Å². The van der Waals surface area contributed by atoms with E-state index < -0.39 is 33.6 Å². The molecule has 9 nitrogen and oxygen atoms in total. The maximum Gasteiger partial charge on any atom is 0.332 e. The van der Waals surface area contributed by atoms with E-state index in [0.717, 1.165) is 21.3 Å². The minimum atomic E-state index is -3.58. The van der Waals surface area contributed by atoms with Crippen molar-refractivity contribution >= 4 is 37.4 Å². The summed E-state index contributed by atoms with van der Waals surface area (Å²) in [5.41, 5.74) is 0.543. The fraction of sp³-hybridized carbons (Fsp3) is 0.269. The van der Waals surface area contributed by atoms with Crippen LogP contribution in [-0.2, 0) is 32.5 Å². The summed E-state index contributed by atoms with van der Waals surface area (Å²) in [4.78, 5) is 40.6. The Kier molecular flexibility index (Phi) is 7.37. The number of hydrogen-bond donors (Lipinski definition) is 0. The highest BCUT2D eigenvalue weighted by Crippen LogP contribution is 2.37. The molecule has 2 aromatic carbocycles. The maximum absolute atomic E-state index is 13.6. The molecule has 11 heteroatoms. The zero-order valence-corrected chi connectivity index (χ0v) is 22.4. The molecule has 2 aromatic heterocycles. The third-order valence-corrected chi connectivity index (χ3v) is 8.50. The predicted molar refractivity (Wildman–Crippen MR) is 142 cm³/mol. The number of benzene rings is 2. The fourth-order valence-electron chi connectivity index (χ4n) is 4.19. The average molecular weight is 543 g/mol. The molecule has 0 saturated carbocycles. The van der Waals surface area contributed by atoms with Gasteiger partial charge in [0.1, 0.15) is 17.1 Å². The van der Waals surface area contributed by atoms with E-state index in [4.69, 9.17) is 9.47 Å². The smallest absolute Gasteiger partial charge is 0.332 e. The average Bonchev–Trinajstić information content (AvgIpc) is 3.21. The monoisotopic (exact) mass is 542 g/mol. The van der Waals surface area contributed by atoms with Gasteiger partial charge in [-0.25, -0.2) is 17.8 Å². The highest BCUT2D eigenvalue weighted by Gasteiger charge is 2.23. The van der Waals surface area contributed by atoms with E-state index in [1.165, 1.54) is 22.0 Å². The number of esters is 1. The lowest BCUT2D eigenvalue weighted by atomic mass is 10.1. The van der Waals surface area contributed by atoms with Crippen LogP contribution in [0, 0.1) is 6.92 Å². The lowest BCUT2D eigenvalue weighted by Crippen LogP contribution is -2.42. The van der Waals surface area contributed by atoms with Crippen molar-refractivity contribution in [2.75, 3.05) is 20.0 Å². The summed E-state index contributed by atoms with van der Waals surface area (Å²) < 4.78 is 37.2. The van der Waals surface area contributed by atoms with Gasteiger partial charge in [0.2, 0.25) is 0 Å². The van der Waals surface area contributed by atoms with Gasteiger partial charge in [0.05, 0.1) is 30.5 Å². The standard InChI is InChI=1S/C26H26N2O7S2/c1-5-35-21(29)15-27-24(30)22-16(2)23(17-10-12-19(34-3)13-11-17)36-25(22)28(26(27)31)14-18-8-6-7-9-20(18)37(4,32)33/h6-13H,5,14-15H2,1-4H3. The quantitative estimate of drug-likeness (QED) is 0.314. The largest absolute Gasteiger partial charge is 0.497 e. The molecule has 0 N–H and O–H groups in total. The first-order chi connectivity index (χ1) is 17.6. The number of rotatable bonds is 8. The van der Waals surface area contributed by atoms with Gasteiger partial charge in [-0.15, -0.1) is 11.3 Å². The van der Waals surface area contributed by atoms with Crippen LogP contribution < -0.4 is 16.0 Å². The molecule has 0 fully saturated rings. The summed E-state index contributed by atoms with van der Waals surface area (Å²) in [5.74, 6) is -0.0407. The molecule has 0 bridgehead atoms.